The molecule has 7 heteroatoms. The number of rotatable bonds is 8. The van der Waals surface area contributed by atoms with Crippen LogP contribution in [-0.2, 0) is 5.41 Å². The number of nitriles is 1. The first-order chi connectivity index (χ1) is 32.8. The molecule has 0 N–H and O–H groups in total. The van der Waals surface area contributed by atoms with E-state index in [0.29, 0.717) is 28.7 Å². The van der Waals surface area contributed by atoms with Crippen molar-refractivity contribution in [3.63, 3.8) is 0 Å². The fourth-order valence-electron chi connectivity index (χ4n) is 9.24. The molecule has 0 fully saturated rings. The smallest absolute Gasteiger partial charge is 0.196 e. The second kappa shape index (κ2) is 16.8. The maximum absolute atomic E-state index is 9.92. The van der Waals surface area contributed by atoms with Gasteiger partial charge >= 0.3 is 0 Å². The zero-order valence-electron chi connectivity index (χ0n) is 36.7. The van der Waals surface area contributed by atoms with Crippen LogP contribution in [0.2, 0.25) is 0 Å². The lowest BCUT2D eigenvalue weighted by Crippen LogP contribution is -2.15. The minimum absolute atomic E-state index is 0.464. The number of aromatic nitrogens is 5. The second-order valence-electron chi connectivity index (χ2n) is 17.2. The summed E-state index contributed by atoms with van der Waals surface area (Å²) in [6.07, 6.45) is 7.36. The summed E-state index contributed by atoms with van der Waals surface area (Å²) in [6.45, 7) is 12.4. The molecule has 314 valence electrons. The Hall–Kier alpha value is -9.17. The molecular weight excluding hydrogens is 819 g/mol. The van der Waals surface area contributed by atoms with Crippen molar-refractivity contribution in [3.8, 4) is 107 Å². The van der Waals surface area contributed by atoms with E-state index in [1.807, 2.05) is 79.1 Å². The van der Waals surface area contributed by atoms with E-state index >= 15 is 0 Å². The van der Waals surface area contributed by atoms with Crippen LogP contribution in [0.1, 0.15) is 30.5 Å². The third kappa shape index (κ3) is 7.61. The van der Waals surface area contributed by atoms with Gasteiger partial charge in [-0.3, -0.25) is 9.97 Å². The van der Waals surface area contributed by atoms with Crippen molar-refractivity contribution in [2.45, 2.75) is 19.3 Å². The van der Waals surface area contributed by atoms with Crippen molar-refractivity contribution in [1.29, 1.82) is 5.26 Å². The van der Waals surface area contributed by atoms with Gasteiger partial charge in [0, 0.05) is 63.6 Å². The van der Waals surface area contributed by atoms with Gasteiger partial charge in [-0.15, -0.1) is 0 Å². The van der Waals surface area contributed by atoms with Gasteiger partial charge in [0.2, 0.25) is 0 Å². The maximum Gasteiger partial charge on any atom is 0.196 e. The topological polar surface area (TPSA) is 92.6 Å². The molecule has 1 aliphatic carbocycles. The van der Waals surface area contributed by atoms with E-state index in [4.69, 9.17) is 21.5 Å². The Morgan fingerprint density at radius 3 is 1.42 bits per heavy atom. The summed E-state index contributed by atoms with van der Waals surface area (Å²) in [5, 5.41) is 9.92. The van der Waals surface area contributed by atoms with Crippen molar-refractivity contribution in [2.75, 3.05) is 0 Å². The lowest BCUT2D eigenvalue weighted by molar-refractivity contribution is 0.660. The highest BCUT2D eigenvalue weighted by molar-refractivity contribution is 5.93. The van der Waals surface area contributed by atoms with E-state index in [9.17, 15) is 5.26 Å². The highest BCUT2D eigenvalue weighted by Crippen LogP contribution is 2.53. The number of fused-ring (bicyclic) bond motifs is 3. The highest BCUT2D eigenvalue weighted by atomic mass is 15.0. The Kier molecular flexibility index (Phi) is 10.1. The molecule has 1 aliphatic rings. The molecule has 0 spiro atoms. The van der Waals surface area contributed by atoms with Crippen LogP contribution < -0.4 is 0 Å². The molecule has 7 aromatic carbocycles. The first-order valence-electron chi connectivity index (χ1n) is 22.0. The van der Waals surface area contributed by atoms with E-state index in [2.05, 4.69) is 138 Å². The lowest BCUT2D eigenvalue weighted by Gasteiger charge is -2.22. The molecule has 3 heterocycles. The average molecular weight is 858 g/mol. The fraction of sp³-hybridized carbons (Fsp3) is 0.0500. The van der Waals surface area contributed by atoms with Gasteiger partial charge in [0.15, 0.2) is 23.2 Å². The summed E-state index contributed by atoms with van der Waals surface area (Å²) in [5.74, 6) is 1.67. The number of pyridine rings is 2. The number of benzene rings is 7. The average Bonchev–Trinajstić information content (AvgIpc) is 3.63. The lowest BCUT2D eigenvalue weighted by atomic mass is 9.81. The monoisotopic (exact) mass is 857 g/mol. The number of nitrogens with zero attached hydrogens (tertiary/aromatic N) is 7. The first-order valence-corrected chi connectivity index (χ1v) is 22.0. The van der Waals surface area contributed by atoms with E-state index < -0.39 is 5.41 Å². The summed E-state index contributed by atoms with van der Waals surface area (Å²) in [4.78, 5) is 28.4. The summed E-state index contributed by atoms with van der Waals surface area (Å²) >= 11 is 0. The molecule has 0 amide bonds. The molecule has 11 rings (SSSR count). The van der Waals surface area contributed by atoms with Crippen molar-refractivity contribution in [1.82, 2.24) is 24.9 Å². The molecule has 0 aliphatic heterocycles. The molecule has 0 atom stereocenters. The van der Waals surface area contributed by atoms with Crippen LogP contribution >= 0.6 is 0 Å². The van der Waals surface area contributed by atoms with Crippen LogP contribution in [0.3, 0.4) is 0 Å². The van der Waals surface area contributed by atoms with Crippen LogP contribution in [0.25, 0.3) is 106 Å². The Morgan fingerprint density at radius 2 is 0.881 bits per heavy atom. The van der Waals surface area contributed by atoms with Gasteiger partial charge in [-0.05, 0) is 133 Å². The van der Waals surface area contributed by atoms with Gasteiger partial charge in [0.05, 0.1) is 12.6 Å². The van der Waals surface area contributed by atoms with Crippen LogP contribution in [0.15, 0.2) is 201 Å². The van der Waals surface area contributed by atoms with E-state index in [1.165, 1.54) is 0 Å². The molecule has 0 saturated heterocycles. The summed E-state index contributed by atoms with van der Waals surface area (Å²) in [7, 11) is 0. The molecule has 0 radical (unpaired) electrons. The van der Waals surface area contributed by atoms with Crippen molar-refractivity contribution < 1.29 is 0 Å². The SMILES string of the molecule is [C-]#[N+]c1cc(C#N)cc2c1-c1ccc(-c3cc(-c4cc(-c5cccnc5)cc(-c5cccnc5)c4)cc(-c4nc(-c5ccccc5)nc(-c5ccc(-c6ccccc6)cc5)n4)c3)cc1C2(C)C. The molecule has 3 aromatic heterocycles. The molecule has 67 heavy (non-hydrogen) atoms. The third-order valence-electron chi connectivity index (χ3n) is 12.7. The molecule has 0 saturated carbocycles. The van der Waals surface area contributed by atoms with Gasteiger partial charge in [-0.25, -0.2) is 19.8 Å². The van der Waals surface area contributed by atoms with Crippen LogP contribution in [-0.4, -0.2) is 24.9 Å². The fourth-order valence-corrected chi connectivity index (χ4v) is 9.24. The molecule has 7 nitrogen and oxygen atoms in total. The Bertz CT molecular complexity index is 3540. The van der Waals surface area contributed by atoms with Crippen molar-refractivity contribution >= 4 is 5.69 Å². The molecule has 10 aromatic rings. The van der Waals surface area contributed by atoms with E-state index in [1.54, 1.807) is 18.5 Å². The summed E-state index contributed by atoms with van der Waals surface area (Å²) in [5.41, 5.74) is 17.3. The number of hydrogen-bond donors (Lipinski definition) is 0. The molecule has 0 bridgehead atoms. The Balaban J connectivity index is 1.13. The Labute approximate surface area is 389 Å². The zero-order chi connectivity index (χ0) is 45.5. The highest BCUT2D eigenvalue weighted by Gasteiger charge is 2.37. The largest absolute Gasteiger partial charge is 0.264 e. The first kappa shape index (κ1) is 40.6. The second-order valence-corrected chi connectivity index (χ2v) is 17.2. The van der Waals surface area contributed by atoms with Crippen LogP contribution in [0.4, 0.5) is 5.69 Å². The third-order valence-corrected chi connectivity index (χ3v) is 12.7. The van der Waals surface area contributed by atoms with Gasteiger partial charge < -0.3 is 0 Å². The van der Waals surface area contributed by atoms with E-state index in [-0.39, 0.29) is 0 Å². The van der Waals surface area contributed by atoms with Gasteiger partial charge in [0.25, 0.3) is 0 Å². The minimum atomic E-state index is -0.464. The summed E-state index contributed by atoms with van der Waals surface area (Å²) in [6, 6.07) is 62.4. The van der Waals surface area contributed by atoms with Crippen molar-refractivity contribution in [3.05, 3.63) is 229 Å². The quantitative estimate of drug-likeness (QED) is 0.141. The van der Waals surface area contributed by atoms with Gasteiger partial charge in [-0.1, -0.05) is 123 Å². The predicted molar refractivity (Wildman–Crippen MR) is 267 cm³/mol. The normalized spacial score (nSPS) is 12.1. The van der Waals surface area contributed by atoms with Crippen molar-refractivity contribution in [2.24, 2.45) is 0 Å². The van der Waals surface area contributed by atoms with Crippen LogP contribution in [0.5, 0.6) is 0 Å². The van der Waals surface area contributed by atoms with Gasteiger partial charge in [-0.2, -0.15) is 5.26 Å². The summed E-state index contributed by atoms with van der Waals surface area (Å²) < 4.78 is 0. The zero-order valence-corrected chi connectivity index (χ0v) is 36.7. The maximum atomic E-state index is 9.92. The van der Waals surface area contributed by atoms with Gasteiger partial charge in [0.1, 0.15) is 0 Å². The Morgan fingerprint density at radius 1 is 0.433 bits per heavy atom. The number of hydrogen-bond acceptors (Lipinski definition) is 6. The standard InChI is InChI=1S/C60H39N7/c1-60(2)53-34-43(22-23-52(53)56-54(60)26-38(35-61)27-55(56)62-3)46-28-50(49-30-47(44-16-10-24-63-36-44)29-48(31-49)45-17-11-25-64-37-45)33-51(32-46)59-66-57(41-14-8-5-9-15-41)65-58(67-59)42-20-18-40(19-21-42)39-12-6-4-7-13-39/h4-34,36-37H,1-2H3. The minimum Gasteiger partial charge on any atom is -0.264 e. The molecule has 0 unspecified atom stereocenters. The van der Waals surface area contributed by atoms with Crippen LogP contribution in [0, 0.1) is 17.9 Å². The molecular formula is C60H39N7. The van der Waals surface area contributed by atoms with E-state index in [0.717, 1.165) is 94.6 Å². The predicted octanol–water partition coefficient (Wildman–Crippen LogP) is 14.7.